The molecular formula is C13H19NO2. The van der Waals surface area contributed by atoms with Crippen LogP contribution in [0, 0.1) is 0 Å². The van der Waals surface area contributed by atoms with Crippen molar-refractivity contribution in [2.75, 3.05) is 20.2 Å². The molecule has 0 saturated heterocycles. The molecule has 1 fully saturated rings. The third kappa shape index (κ3) is 2.12. The molecule has 0 spiro atoms. The van der Waals surface area contributed by atoms with Crippen LogP contribution in [0.4, 0.5) is 0 Å². The van der Waals surface area contributed by atoms with Gasteiger partial charge in [0.2, 0.25) is 0 Å². The van der Waals surface area contributed by atoms with E-state index in [0.29, 0.717) is 6.54 Å². The average molecular weight is 221 g/mol. The molecule has 88 valence electrons. The second-order valence-electron chi connectivity index (χ2n) is 4.63. The SMILES string of the molecule is CNCC(O)c1ccc(C2(CO)CC2)cc1. The highest BCUT2D eigenvalue weighted by Gasteiger charge is 2.43. The molecule has 2 rings (SSSR count). The molecule has 16 heavy (non-hydrogen) atoms. The van der Waals surface area contributed by atoms with E-state index in [9.17, 15) is 10.2 Å². The summed E-state index contributed by atoms with van der Waals surface area (Å²) in [6.07, 6.45) is 1.69. The van der Waals surface area contributed by atoms with Crippen molar-refractivity contribution < 1.29 is 10.2 Å². The van der Waals surface area contributed by atoms with E-state index in [1.165, 1.54) is 5.56 Å². The maximum absolute atomic E-state index is 9.78. The Morgan fingerprint density at radius 3 is 2.38 bits per heavy atom. The minimum absolute atomic E-state index is 0.0203. The van der Waals surface area contributed by atoms with Crippen LogP contribution in [0.5, 0.6) is 0 Å². The van der Waals surface area contributed by atoms with Gasteiger partial charge in [0.25, 0.3) is 0 Å². The number of likely N-dealkylation sites (N-methyl/N-ethyl adjacent to an activating group) is 1. The minimum Gasteiger partial charge on any atom is -0.395 e. The Balaban J connectivity index is 2.10. The number of aliphatic hydroxyl groups is 2. The summed E-state index contributed by atoms with van der Waals surface area (Å²) in [4.78, 5) is 0. The number of hydrogen-bond donors (Lipinski definition) is 3. The van der Waals surface area contributed by atoms with Gasteiger partial charge in [0.1, 0.15) is 0 Å². The van der Waals surface area contributed by atoms with Crippen LogP contribution in [-0.2, 0) is 5.41 Å². The summed E-state index contributed by atoms with van der Waals surface area (Å²) in [5.74, 6) is 0. The summed E-state index contributed by atoms with van der Waals surface area (Å²) < 4.78 is 0. The topological polar surface area (TPSA) is 52.5 Å². The van der Waals surface area contributed by atoms with E-state index in [1.807, 2.05) is 31.3 Å². The fourth-order valence-corrected chi connectivity index (χ4v) is 2.06. The van der Waals surface area contributed by atoms with Gasteiger partial charge >= 0.3 is 0 Å². The number of hydrogen-bond acceptors (Lipinski definition) is 3. The van der Waals surface area contributed by atoms with Crippen LogP contribution in [0.15, 0.2) is 24.3 Å². The van der Waals surface area contributed by atoms with Crippen LogP contribution in [0.2, 0.25) is 0 Å². The molecule has 0 aliphatic heterocycles. The summed E-state index contributed by atoms with van der Waals surface area (Å²) in [5.41, 5.74) is 2.13. The standard InChI is InChI=1S/C13H19NO2/c1-14-8-12(16)10-2-4-11(5-3-10)13(9-15)6-7-13/h2-5,12,14-16H,6-9H2,1H3. The van der Waals surface area contributed by atoms with Crippen molar-refractivity contribution in [3.05, 3.63) is 35.4 Å². The van der Waals surface area contributed by atoms with E-state index in [0.717, 1.165) is 18.4 Å². The van der Waals surface area contributed by atoms with Crippen molar-refractivity contribution in [1.29, 1.82) is 0 Å². The lowest BCUT2D eigenvalue weighted by molar-refractivity contribution is 0.177. The summed E-state index contributed by atoms with van der Waals surface area (Å²) in [6, 6.07) is 7.95. The van der Waals surface area contributed by atoms with E-state index in [-0.39, 0.29) is 12.0 Å². The van der Waals surface area contributed by atoms with Crippen molar-refractivity contribution in [3.8, 4) is 0 Å². The normalized spacial score (nSPS) is 19.4. The van der Waals surface area contributed by atoms with Gasteiger partial charge in [-0.15, -0.1) is 0 Å². The fraction of sp³-hybridized carbons (Fsp3) is 0.538. The second-order valence-corrected chi connectivity index (χ2v) is 4.63. The number of nitrogens with one attached hydrogen (secondary N) is 1. The first kappa shape index (κ1) is 11.6. The molecule has 1 unspecified atom stereocenters. The highest BCUT2D eigenvalue weighted by atomic mass is 16.3. The summed E-state index contributed by atoms with van der Waals surface area (Å²) >= 11 is 0. The summed E-state index contributed by atoms with van der Waals surface area (Å²) in [6.45, 7) is 0.788. The molecule has 1 aromatic rings. The van der Waals surface area contributed by atoms with E-state index < -0.39 is 6.10 Å². The quantitative estimate of drug-likeness (QED) is 0.694. The van der Waals surface area contributed by atoms with E-state index in [4.69, 9.17) is 0 Å². The predicted molar refractivity (Wildman–Crippen MR) is 63.3 cm³/mol. The monoisotopic (exact) mass is 221 g/mol. The van der Waals surface area contributed by atoms with Crippen LogP contribution >= 0.6 is 0 Å². The lowest BCUT2D eigenvalue weighted by Crippen LogP contribution is -2.17. The lowest BCUT2D eigenvalue weighted by atomic mass is 9.95. The molecule has 0 bridgehead atoms. The molecule has 1 aromatic carbocycles. The van der Waals surface area contributed by atoms with Gasteiger partial charge in [0, 0.05) is 12.0 Å². The lowest BCUT2D eigenvalue weighted by Gasteiger charge is -2.14. The van der Waals surface area contributed by atoms with Crippen molar-refractivity contribution >= 4 is 0 Å². The first-order chi connectivity index (χ1) is 7.72. The van der Waals surface area contributed by atoms with Crippen LogP contribution in [0.1, 0.15) is 30.1 Å². The molecule has 1 aliphatic carbocycles. The Bertz CT molecular complexity index is 343. The van der Waals surface area contributed by atoms with E-state index in [1.54, 1.807) is 0 Å². The zero-order valence-corrected chi connectivity index (χ0v) is 9.61. The zero-order chi connectivity index (χ0) is 11.6. The largest absolute Gasteiger partial charge is 0.395 e. The zero-order valence-electron chi connectivity index (χ0n) is 9.61. The second kappa shape index (κ2) is 4.53. The van der Waals surface area contributed by atoms with Crippen molar-refractivity contribution in [3.63, 3.8) is 0 Å². The smallest absolute Gasteiger partial charge is 0.0914 e. The van der Waals surface area contributed by atoms with Gasteiger partial charge in [-0.3, -0.25) is 0 Å². The maximum atomic E-state index is 9.78. The Hall–Kier alpha value is -0.900. The molecular weight excluding hydrogens is 202 g/mol. The molecule has 0 aromatic heterocycles. The maximum Gasteiger partial charge on any atom is 0.0914 e. The van der Waals surface area contributed by atoms with Gasteiger partial charge in [0.15, 0.2) is 0 Å². The average Bonchev–Trinajstić information content (AvgIpc) is 3.10. The fourth-order valence-electron chi connectivity index (χ4n) is 2.06. The van der Waals surface area contributed by atoms with Gasteiger partial charge in [-0.2, -0.15) is 0 Å². The van der Waals surface area contributed by atoms with Gasteiger partial charge in [0.05, 0.1) is 12.7 Å². The third-order valence-electron chi connectivity index (χ3n) is 3.46. The van der Waals surface area contributed by atoms with Crippen molar-refractivity contribution in [1.82, 2.24) is 5.32 Å². The van der Waals surface area contributed by atoms with Crippen molar-refractivity contribution in [2.24, 2.45) is 0 Å². The molecule has 0 radical (unpaired) electrons. The number of rotatable bonds is 5. The molecule has 1 aliphatic rings. The molecule has 1 saturated carbocycles. The van der Waals surface area contributed by atoms with Crippen molar-refractivity contribution in [2.45, 2.75) is 24.4 Å². The Labute approximate surface area is 96.1 Å². The predicted octanol–water partition coefficient (Wildman–Crippen LogP) is 0.963. The molecule has 3 N–H and O–H groups in total. The Morgan fingerprint density at radius 1 is 1.31 bits per heavy atom. The minimum atomic E-state index is -0.455. The van der Waals surface area contributed by atoms with Crippen LogP contribution in [0.3, 0.4) is 0 Å². The third-order valence-corrected chi connectivity index (χ3v) is 3.46. The van der Waals surface area contributed by atoms with Crippen LogP contribution in [-0.4, -0.2) is 30.4 Å². The summed E-state index contributed by atoms with van der Waals surface area (Å²) in [7, 11) is 1.82. The molecule has 3 heteroatoms. The van der Waals surface area contributed by atoms with Gasteiger partial charge in [-0.1, -0.05) is 24.3 Å². The van der Waals surface area contributed by atoms with Gasteiger partial charge in [-0.05, 0) is 31.0 Å². The highest BCUT2D eigenvalue weighted by molar-refractivity contribution is 5.34. The Kier molecular flexibility index (Phi) is 3.28. The Morgan fingerprint density at radius 2 is 1.94 bits per heavy atom. The van der Waals surface area contributed by atoms with Crippen LogP contribution < -0.4 is 5.32 Å². The molecule has 1 atom stereocenters. The number of benzene rings is 1. The van der Waals surface area contributed by atoms with E-state index in [2.05, 4.69) is 5.32 Å². The van der Waals surface area contributed by atoms with E-state index >= 15 is 0 Å². The number of aliphatic hydroxyl groups excluding tert-OH is 2. The molecule has 0 amide bonds. The van der Waals surface area contributed by atoms with Gasteiger partial charge in [-0.25, -0.2) is 0 Å². The van der Waals surface area contributed by atoms with Gasteiger partial charge < -0.3 is 15.5 Å². The molecule has 3 nitrogen and oxygen atoms in total. The first-order valence-electron chi connectivity index (χ1n) is 5.76. The van der Waals surface area contributed by atoms with Crippen LogP contribution in [0.25, 0.3) is 0 Å². The highest BCUT2D eigenvalue weighted by Crippen LogP contribution is 2.47. The summed E-state index contributed by atoms with van der Waals surface area (Å²) in [5, 5.41) is 22.0. The first-order valence-corrected chi connectivity index (χ1v) is 5.76. The molecule has 0 heterocycles.